The van der Waals surface area contributed by atoms with Gasteiger partial charge in [-0.25, -0.2) is 0 Å². The zero-order valence-electron chi connectivity index (χ0n) is 9.47. The van der Waals surface area contributed by atoms with Gasteiger partial charge in [-0.3, -0.25) is 4.79 Å². The van der Waals surface area contributed by atoms with E-state index in [2.05, 4.69) is 17.3 Å². The highest BCUT2D eigenvalue weighted by atomic mass is 16.4. The molecule has 2 heterocycles. The molecule has 0 bridgehead atoms. The monoisotopic (exact) mass is 230 g/mol. The van der Waals surface area contributed by atoms with E-state index in [0.29, 0.717) is 12.1 Å². The van der Waals surface area contributed by atoms with Crippen LogP contribution in [0.5, 0.6) is 0 Å². The fraction of sp³-hybridized carbons (Fsp3) is 0.385. The molecule has 1 fully saturated rings. The van der Waals surface area contributed by atoms with Gasteiger partial charge in [0.15, 0.2) is 0 Å². The van der Waals surface area contributed by atoms with E-state index in [-0.39, 0.29) is 18.4 Å². The lowest BCUT2D eigenvalue weighted by molar-refractivity contribution is -0.133. The second-order valence-electron chi connectivity index (χ2n) is 4.60. The highest BCUT2D eigenvalue weighted by molar-refractivity contribution is 6.03. The Hall–Kier alpha value is -1.84. The van der Waals surface area contributed by atoms with Crippen LogP contribution in [-0.4, -0.2) is 28.3 Å². The zero-order valence-corrected chi connectivity index (χ0v) is 9.47. The summed E-state index contributed by atoms with van der Waals surface area (Å²) in [6, 6.07) is 8.27. The third-order valence-corrected chi connectivity index (χ3v) is 3.66. The molecule has 17 heavy (non-hydrogen) atoms. The minimum absolute atomic E-state index is 0.0621. The predicted molar refractivity (Wildman–Crippen MR) is 63.1 cm³/mol. The summed E-state index contributed by atoms with van der Waals surface area (Å²) in [4.78, 5) is 13.9. The summed E-state index contributed by atoms with van der Waals surface area (Å²) in [6.07, 6.45) is 1.83. The molecule has 88 valence electrons. The second kappa shape index (κ2) is 3.87. The Kier molecular flexibility index (Phi) is 2.35. The van der Waals surface area contributed by atoms with E-state index in [1.165, 1.54) is 11.1 Å². The summed E-state index contributed by atoms with van der Waals surface area (Å²) in [6.45, 7) is 0.777. The standard InChI is InChI=1S/C13H14N2O2/c16-13-8-10(14-17)7-12-11-4-2-1-3-9(11)5-6-15(12)13/h1-4,12,17H,5-8H2/b14-10-. The number of nitrogens with zero attached hydrogens (tertiary/aromatic N) is 2. The predicted octanol–water partition coefficient (Wildman–Crippen LogP) is 1.74. The van der Waals surface area contributed by atoms with Crippen LogP contribution >= 0.6 is 0 Å². The summed E-state index contributed by atoms with van der Waals surface area (Å²) >= 11 is 0. The molecule has 4 nitrogen and oxygen atoms in total. The fourth-order valence-electron chi connectivity index (χ4n) is 2.82. The van der Waals surface area contributed by atoms with Crippen LogP contribution in [0.2, 0.25) is 0 Å². The Balaban J connectivity index is 2.02. The lowest BCUT2D eigenvalue weighted by atomic mass is 9.86. The quantitative estimate of drug-likeness (QED) is 0.545. The first-order valence-electron chi connectivity index (χ1n) is 5.86. The lowest BCUT2D eigenvalue weighted by Crippen LogP contribution is -2.45. The molecule has 1 aromatic carbocycles. The number of hydrogen-bond acceptors (Lipinski definition) is 3. The number of oxime groups is 1. The maximum absolute atomic E-state index is 11.9. The Bertz CT molecular complexity index is 496. The van der Waals surface area contributed by atoms with Crippen molar-refractivity contribution in [2.24, 2.45) is 5.16 Å². The smallest absolute Gasteiger partial charge is 0.228 e. The highest BCUT2D eigenvalue weighted by Gasteiger charge is 2.36. The first kappa shape index (κ1) is 10.3. The average molecular weight is 230 g/mol. The van der Waals surface area contributed by atoms with Gasteiger partial charge in [0.1, 0.15) is 0 Å². The summed E-state index contributed by atoms with van der Waals surface area (Å²) < 4.78 is 0. The minimum atomic E-state index is 0.0621. The third kappa shape index (κ3) is 1.60. The molecule has 0 radical (unpaired) electrons. The van der Waals surface area contributed by atoms with Crippen molar-refractivity contribution in [1.82, 2.24) is 4.90 Å². The Morgan fingerprint density at radius 2 is 2.18 bits per heavy atom. The lowest BCUT2D eigenvalue weighted by Gasteiger charge is -2.40. The van der Waals surface area contributed by atoms with Crippen LogP contribution in [-0.2, 0) is 11.2 Å². The molecule has 3 rings (SSSR count). The van der Waals surface area contributed by atoms with Crippen LogP contribution in [0, 0.1) is 0 Å². The molecule has 0 saturated carbocycles. The number of amides is 1. The largest absolute Gasteiger partial charge is 0.411 e. The van der Waals surface area contributed by atoms with Crippen LogP contribution < -0.4 is 0 Å². The number of carbonyl (C=O) groups is 1. The van der Waals surface area contributed by atoms with Gasteiger partial charge >= 0.3 is 0 Å². The van der Waals surface area contributed by atoms with Gasteiger partial charge in [0, 0.05) is 13.0 Å². The van der Waals surface area contributed by atoms with Gasteiger partial charge in [0.2, 0.25) is 5.91 Å². The number of hydrogen-bond donors (Lipinski definition) is 1. The van der Waals surface area contributed by atoms with E-state index < -0.39 is 0 Å². The summed E-state index contributed by atoms with van der Waals surface area (Å²) in [5.74, 6) is 0.0727. The van der Waals surface area contributed by atoms with Crippen molar-refractivity contribution >= 4 is 11.6 Å². The number of carbonyl (C=O) groups excluding carboxylic acids is 1. The van der Waals surface area contributed by atoms with Crippen molar-refractivity contribution in [2.75, 3.05) is 6.54 Å². The molecule has 1 amide bonds. The summed E-state index contributed by atoms with van der Waals surface area (Å²) in [5.41, 5.74) is 3.10. The molecule has 1 N–H and O–H groups in total. The Morgan fingerprint density at radius 1 is 1.35 bits per heavy atom. The maximum Gasteiger partial charge on any atom is 0.228 e. The van der Waals surface area contributed by atoms with Gasteiger partial charge in [0.05, 0.1) is 18.2 Å². The first-order chi connectivity index (χ1) is 8.29. The van der Waals surface area contributed by atoms with Crippen molar-refractivity contribution < 1.29 is 10.0 Å². The van der Waals surface area contributed by atoms with E-state index in [4.69, 9.17) is 5.21 Å². The molecule has 2 aliphatic rings. The molecule has 0 aromatic heterocycles. The van der Waals surface area contributed by atoms with Gasteiger partial charge in [-0.1, -0.05) is 29.4 Å². The van der Waals surface area contributed by atoms with E-state index in [0.717, 1.165) is 13.0 Å². The van der Waals surface area contributed by atoms with Gasteiger partial charge in [-0.2, -0.15) is 0 Å². The third-order valence-electron chi connectivity index (χ3n) is 3.66. The van der Waals surface area contributed by atoms with Crippen molar-refractivity contribution in [2.45, 2.75) is 25.3 Å². The maximum atomic E-state index is 11.9. The number of rotatable bonds is 0. The molecule has 2 aliphatic heterocycles. The second-order valence-corrected chi connectivity index (χ2v) is 4.60. The molecule has 1 atom stereocenters. The van der Waals surface area contributed by atoms with E-state index >= 15 is 0 Å². The first-order valence-corrected chi connectivity index (χ1v) is 5.86. The van der Waals surface area contributed by atoms with Gasteiger partial charge in [0.25, 0.3) is 0 Å². The fourth-order valence-corrected chi connectivity index (χ4v) is 2.82. The topological polar surface area (TPSA) is 52.9 Å². The minimum Gasteiger partial charge on any atom is -0.411 e. The normalized spacial score (nSPS) is 25.6. The number of fused-ring (bicyclic) bond motifs is 3. The molecule has 1 aromatic rings. The van der Waals surface area contributed by atoms with Crippen molar-refractivity contribution in [3.63, 3.8) is 0 Å². The van der Waals surface area contributed by atoms with Crippen LogP contribution in [0.15, 0.2) is 29.4 Å². The SMILES string of the molecule is O=C1C/C(=N\O)CC2c3ccccc3CCN12. The van der Waals surface area contributed by atoms with Crippen LogP contribution in [0.4, 0.5) is 0 Å². The molecule has 1 unspecified atom stereocenters. The number of benzene rings is 1. The van der Waals surface area contributed by atoms with Crippen molar-refractivity contribution in [1.29, 1.82) is 0 Å². The van der Waals surface area contributed by atoms with E-state index in [1.807, 2.05) is 17.0 Å². The Morgan fingerprint density at radius 3 is 3.00 bits per heavy atom. The molecule has 1 saturated heterocycles. The molecule has 0 spiro atoms. The van der Waals surface area contributed by atoms with Crippen LogP contribution in [0.25, 0.3) is 0 Å². The average Bonchev–Trinajstić information content (AvgIpc) is 2.38. The van der Waals surface area contributed by atoms with Crippen molar-refractivity contribution in [3.05, 3.63) is 35.4 Å². The Labute approximate surface area is 99.5 Å². The van der Waals surface area contributed by atoms with Gasteiger partial charge in [-0.05, 0) is 17.5 Å². The van der Waals surface area contributed by atoms with Crippen LogP contribution in [0.3, 0.4) is 0 Å². The van der Waals surface area contributed by atoms with Crippen LogP contribution in [0.1, 0.15) is 30.0 Å². The highest BCUT2D eigenvalue weighted by Crippen LogP contribution is 2.35. The van der Waals surface area contributed by atoms with Gasteiger partial charge < -0.3 is 10.1 Å². The molecule has 4 heteroatoms. The molecule has 0 aliphatic carbocycles. The summed E-state index contributed by atoms with van der Waals surface area (Å²) in [5, 5.41) is 12.1. The molecular weight excluding hydrogens is 216 g/mol. The van der Waals surface area contributed by atoms with Crippen molar-refractivity contribution in [3.8, 4) is 0 Å². The number of piperidine rings is 1. The van der Waals surface area contributed by atoms with Gasteiger partial charge in [-0.15, -0.1) is 0 Å². The molecular formula is C13H14N2O2. The summed E-state index contributed by atoms with van der Waals surface area (Å²) in [7, 11) is 0. The van der Waals surface area contributed by atoms with E-state index in [9.17, 15) is 4.79 Å². The zero-order chi connectivity index (χ0) is 11.8. The van der Waals surface area contributed by atoms with E-state index in [1.54, 1.807) is 0 Å².